The van der Waals surface area contributed by atoms with Crippen LogP contribution in [0.2, 0.25) is 0 Å². The summed E-state index contributed by atoms with van der Waals surface area (Å²) in [5, 5.41) is 4.99. The Kier molecular flexibility index (Phi) is 1.86. The predicted octanol–water partition coefficient (Wildman–Crippen LogP) is 0.855. The molecule has 1 aromatic rings. The van der Waals surface area contributed by atoms with Crippen LogP contribution < -0.4 is 10.9 Å². The maximum absolute atomic E-state index is 11.0. The summed E-state index contributed by atoms with van der Waals surface area (Å²) >= 11 is 1.20. The van der Waals surface area contributed by atoms with Crippen molar-refractivity contribution in [2.24, 2.45) is 5.14 Å². The van der Waals surface area contributed by atoms with Crippen molar-refractivity contribution in [2.45, 2.75) is 23.0 Å². The van der Waals surface area contributed by atoms with Crippen LogP contribution in [0.25, 0.3) is 0 Å². The van der Waals surface area contributed by atoms with Gasteiger partial charge in [-0.05, 0) is 24.8 Å². The number of hydrogen-bond acceptors (Lipinski definition) is 4. The van der Waals surface area contributed by atoms with Gasteiger partial charge in [-0.25, -0.2) is 13.6 Å². The highest BCUT2D eigenvalue weighted by Crippen LogP contribution is 2.47. The van der Waals surface area contributed by atoms with Gasteiger partial charge < -0.3 is 5.73 Å². The summed E-state index contributed by atoms with van der Waals surface area (Å²) in [7, 11) is -3.57. The molecule has 0 aliphatic heterocycles. The Morgan fingerprint density at radius 3 is 2.46 bits per heavy atom. The molecule has 0 saturated heterocycles. The Balaban J connectivity index is 2.46. The summed E-state index contributed by atoms with van der Waals surface area (Å²) in [4.78, 5) is 0.976. The van der Waals surface area contributed by atoms with Crippen LogP contribution in [0.15, 0.2) is 10.3 Å². The Morgan fingerprint density at radius 2 is 2.08 bits per heavy atom. The van der Waals surface area contributed by atoms with E-state index in [4.69, 9.17) is 10.9 Å². The number of nitrogen functional groups attached to an aromatic ring is 1. The van der Waals surface area contributed by atoms with Gasteiger partial charge >= 0.3 is 0 Å². The molecule has 0 spiro atoms. The quantitative estimate of drug-likeness (QED) is 0.771. The largest absolute Gasteiger partial charge is 0.398 e. The summed E-state index contributed by atoms with van der Waals surface area (Å²) in [6.45, 7) is 0. The Morgan fingerprint density at radius 1 is 1.46 bits per heavy atom. The number of hydrogen-bond donors (Lipinski definition) is 2. The summed E-state index contributed by atoms with van der Waals surface area (Å²) in [6, 6.07) is 1.45. The fraction of sp³-hybridized carbons (Fsp3) is 0.429. The SMILES string of the molecule is Nc1cc(S(N)(=O)=O)sc1C1CC1. The predicted molar refractivity (Wildman–Crippen MR) is 52.1 cm³/mol. The molecule has 0 atom stereocenters. The van der Waals surface area contributed by atoms with E-state index in [2.05, 4.69) is 0 Å². The van der Waals surface area contributed by atoms with Crippen molar-refractivity contribution >= 4 is 27.0 Å². The highest BCUT2D eigenvalue weighted by atomic mass is 32.2. The Bertz CT molecular complexity index is 431. The lowest BCUT2D eigenvalue weighted by atomic mass is 10.3. The molecule has 4 N–H and O–H groups in total. The first-order valence-corrected chi connectivity index (χ1v) is 6.27. The minimum atomic E-state index is -3.57. The van der Waals surface area contributed by atoms with Gasteiger partial charge in [0.05, 0.1) is 0 Å². The van der Waals surface area contributed by atoms with E-state index in [1.165, 1.54) is 17.4 Å². The molecule has 0 radical (unpaired) electrons. The van der Waals surface area contributed by atoms with E-state index in [1.807, 2.05) is 0 Å². The topological polar surface area (TPSA) is 86.2 Å². The molecule has 0 amide bonds. The maximum Gasteiger partial charge on any atom is 0.247 e. The third-order valence-corrected chi connectivity index (χ3v) is 4.73. The second-order valence-electron chi connectivity index (χ2n) is 3.20. The number of sulfonamides is 1. The van der Waals surface area contributed by atoms with Crippen molar-refractivity contribution < 1.29 is 8.42 Å². The van der Waals surface area contributed by atoms with Gasteiger partial charge in [0, 0.05) is 10.6 Å². The van der Waals surface area contributed by atoms with Crippen LogP contribution in [0, 0.1) is 0 Å². The van der Waals surface area contributed by atoms with E-state index < -0.39 is 10.0 Å². The van der Waals surface area contributed by atoms with E-state index in [1.54, 1.807) is 0 Å². The van der Waals surface area contributed by atoms with Crippen molar-refractivity contribution in [3.63, 3.8) is 0 Å². The molecule has 0 unspecified atom stereocenters. The molecule has 1 aliphatic carbocycles. The molecule has 1 saturated carbocycles. The van der Waals surface area contributed by atoms with Crippen LogP contribution in [0.3, 0.4) is 0 Å². The minimum absolute atomic E-state index is 0.173. The summed E-state index contributed by atoms with van der Waals surface area (Å²) in [6.07, 6.45) is 2.21. The molecule has 72 valence electrons. The molecule has 0 aromatic carbocycles. The highest BCUT2D eigenvalue weighted by molar-refractivity contribution is 7.91. The highest BCUT2D eigenvalue weighted by Gasteiger charge is 2.29. The molecule has 1 aliphatic rings. The Hall–Kier alpha value is -0.590. The minimum Gasteiger partial charge on any atom is -0.398 e. The molecule has 6 heteroatoms. The molecule has 1 aromatic heterocycles. The second-order valence-corrected chi connectivity index (χ2v) is 6.08. The molecule has 13 heavy (non-hydrogen) atoms. The summed E-state index contributed by atoms with van der Waals surface area (Å²) < 4.78 is 22.1. The lowest BCUT2D eigenvalue weighted by Crippen LogP contribution is -2.09. The molecule has 1 fully saturated rings. The standard InChI is InChI=1S/C7H10N2O2S2/c8-5-3-6(13(9,10)11)12-7(5)4-1-2-4/h3-4H,1-2,8H2,(H2,9,10,11). The average Bonchev–Trinajstić information content (AvgIpc) is 2.73. The number of anilines is 1. The van der Waals surface area contributed by atoms with E-state index >= 15 is 0 Å². The monoisotopic (exact) mass is 218 g/mol. The zero-order valence-electron chi connectivity index (χ0n) is 6.86. The number of rotatable bonds is 2. The summed E-state index contributed by atoms with van der Waals surface area (Å²) in [5.41, 5.74) is 6.24. The van der Waals surface area contributed by atoms with Gasteiger partial charge in [-0.3, -0.25) is 0 Å². The smallest absolute Gasteiger partial charge is 0.247 e. The normalized spacial score (nSPS) is 17.6. The molecule has 4 nitrogen and oxygen atoms in total. The van der Waals surface area contributed by atoms with Crippen LogP contribution in [-0.2, 0) is 10.0 Å². The van der Waals surface area contributed by atoms with Crippen LogP contribution in [-0.4, -0.2) is 8.42 Å². The van der Waals surface area contributed by atoms with Crippen LogP contribution in [0.4, 0.5) is 5.69 Å². The van der Waals surface area contributed by atoms with Crippen molar-refractivity contribution in [3.8, 4) is 0 Å². The average molecular weight is 218 g/mol. The number of nitrogens with two attached hydrogens (primary N) is 2. The molecule has 0 bridgehead atoms. The second kappa shape index (κ2) is 2.70. The zero-order valence-corrected chi connectivity index (χ0v) is 8.49. The van der Waals surface area contributed by atoms with Gasteiger partial charge in [0.25, 0.3) is 0 Å². The lowest BCUT2D eigenvalue weighted by Gasteiger charge is -1.91. The van der Waals surface area contributed by atoms with Gasteiger partial charge in [0.2, 0.25) is 10.0 Å². The fourth-order valence-corrected chi connectivity index (χ4v) is 3.21. The van der Waals surface area contributed by atoms with Gasteiger partial charge in [0.15, 0.2) is 0 Å². The maximum atomic E-state index is 11.0. The van der Waals surface area contributed by atoms with E-state index in [-0.39, 0.29) is 4.21 Å². The lowest BCUT2D eigenvalue weighted by molar-refractivity contribution is 0.600. The van der Waals surface area contributed by atoms with Crippen LogP contribution in [0.5, 0.6) is 0 Å². The molecule has 2 rings (SSSR count). The van der Waals surface area contributed by atoms with Gasteiger partial charge in [-0.1, -0.05) is 0 Å². The molecular formula is C7H10N2O2S2. The van der Waals surface area contributed by atoms with Crippen LogP contribution in [0.1, 0.15) is 23.6 Å². The van der Waals surface area contributed by atoms with Crippen molar-refractivity contribution in [2.75, 3.05) is 5.73 Å². The van der Waals surface area contributed by atoms with Crippen molar-refractivity contribution in [1.29, 1.82) is 0 Å². The molecular weight excluding hydrogens is 208 g/mol. The van der Waals surface area contributed by atoms with Gasteiger partial charge in [0.1, 0.15) is 4.21 Å². The van der Waals surface area contributed by atoms with Gasteiger partial charge in [-0.2, -0.15) is 0 Å². The zero-order chi connectivity index (χ0) is 9.64. The summed E-state index contributed by atoms with van der Waals surface area (Å²) in [5.74, 6) is 0.473. The first-order valence-electron chi connectivity index (χ1n) is 3.90. The van der Waals surface area contributed by atoms with Crippen molar-refractivity contribution in [1.82, 2.24) is 0 Å². The van der Waals surface area contributed by atoms with Gasteiger partial charge in [-0.15, -0.1) is 11.3 Å². The number of thiophene rings is 1. The first kappa shape index (κ1) is 8.98. The first-order chi connectivity index (χ1) is 5.98. The fourth-order valence-electron chi connectivity index (χ4n) is 1.20. The number of primary sulfonamides is 1. The van der Waals surface area contributed by atoms with E-state index in [0.717, 1.165) is 17.7 Å². The Labute approximate surface area is 80.6 Å². The molecule has 1 heterocycles. The third kappa shape index (κ3) is 1.70. The van der Waals surface area contributed by atoms with E-state index in [0.29, 0.717) is 11.6 Å². The van der Waals surface area contributed by atoms with E-state index in [9.17, 15) is 8.42 Å². The van der Waals surface area contributed by atoms with Crippen LogP contribution >= 0.6 is 11.3 Å². The third-order valence-electron chi connectivity index (χ3n) is 2.00. The van der Waals surface area contributed by atoms with Crippen molar-refractivity contribution in [3.05, 3.63) is 10.9 Å².